The summed E-state index contributed by atoms with van der Waals surface area (Å²) in [6, 6.07) is 3.94. The van der Waals surface area contributed by atoms with Gasteiger partial charge in [-0.05, 0) is 24.6 Å². The van der Waals surface area contributed by atoms with Crippen LogP contribution in [0.5, 0.6) is 0 Å². The first-order valence-corrected chi connectivity index (χ1v) is 10.3. The van der Waals surface area contributed by atoms with E-state index in [0.717, 1.165) is 10.4 Å². The third kappa shape index (κ3) is 3.85. The summed E-state index contributed by atoms with van der Waals surface area (Å²) in [4.78, 5) is 11.1. The lowest BCUT2D eigenvalue weighted by atomic mass is 10.1. The van der Waals surface area contributed by atoms with Crippen LogP contribution in [-0.4, -0.2) is 81.1 Å². The van der Waals surface area contributed by atoms with Crippen molar-refractivity contribution in [3.8, 4) is 0 Å². The molecule has 0 atom stereocenters. The number of aryl methyl sites for hydroxylation is 1. The number of carboxylic acids is 1. The minimum Gasteiger partial charge on any atom is -0.478 e. The first kappa shape index (κ1) is 19.8. The smallest absolute Gasteiger partial charge is 0.335 e. The van der Waals surface area contributed by atoms with Crippen LogP contribution in [-0.2, 0) is 20.2 Å². The number of nitrogens with zero attached hydrogens (tertiary/aromatic N) is 3. The van der Waals surface area contributed by atoms with Crippen LogP contribution < -0.4 is 0 Å². The second kappa shape index (κ2) is 7.00. The fraction of sp³-hybridized carbons (Fsp3) is 0.500. The van der Waals surface area contributed by atoms with Gasteiger partial charge in [0.2, 0.25) is 10.0 Å². The number of piperazine rings is 1. The van der Waals surface area contributed by atoms with Crippen LogP contribution in [0, 0.1) is 6.92 Å². The van der Waals surface area contributed by atoms with Gasteiger partial charge in [0.05, 0.1) is 10.5 Å². The van der Waals surface area contributed by atoms with E-state index in [-0.39, 0.29) is 36.6 Å². The third-order valence-electron chi connectivity index (χ3n) is 4.06. The molecular formula is C14H21N3O6S2. The SMILES string of the molecule is Cc1ccc(S(=O)(=O)N2CCN(S(=O)(=O)N(C)C)CC2)cc1C(=O)O. The third-order valence-corrected chi connectivity index (χ3v) is 7.90. The Balaban J connectivity index is 2.23. The van der Waals surface area contributed by atoms with E-state index in [4.69, 9.17) is 5.11 Å². The van der Waals surface area contributed by atoms with Gasteiger partial charge in [0, 0.05) is 40.3 Å². The molecule has 1 aromatic carbocycles. The zero-order chi connectivity index (χ0) is 19.0. The maximum atomic E-state index is 12.7. The van der Waals surface area contributed by atoms with Gasteiger partial charge in [-0.25, -0.2) is 13.2 Å². The van der Waals surface area contributed by atoms with Crippen molar-refractivity contribution >= 4 is 26.2 Å². The van der Waals surface area contributed by atoms with Crippen molar-refractivity contribution < 1.29 is 26.7 Å². The van der Waals surface area contributed by atoms with Gasteiger partial charge in [-0.1, -0.05) is 6.07 Å². The normalized spacial score (nSPS) is 17.8. The van der Waals surface area contributed by atoms with Crippen LogP contribution in [0.1, 0.15) is 15.9 Å². The molecule has 1 aliphatic heterocycles. The molecule has 11 heteroatoms. The Morgan fingerprint density at radius 1 is 1.04 bits per heavy atom. The zero-order valence-corrected chi connectivity index (χ0v) is 15.8. The lowest BCUT2D eigenvalue weighted by Crippen LogP contribution is -2.52. The van der Waals surface area contributed by atoms with Crippen molar-refractivity contribution in [1.29, 1.82) is 0 Å². The van der Waals surface area contributed by atoms with Crippen LogP contribution in [0.25, 0.3) is 0 Å². The highest BCUT2D eigenvalue weighted by molar-refractivity contribution is 7.89. The predicted octanol–water partition coefficient (Wildman–Crippen LogP) is -0.194. The van der Waals surface area contributed by atoms with E-state index >= 15 is 0 Å². The fourth-order valence-corrected chi connectivity index (χ4v) is 5.05. The van der Waals surface area contributed by atoms with Gasteiger partial charge >= 0.3 is 5.97 Å². The van der Waals surface area contributed by atoms with Crippen molar-refractivity contribution in [3.63, 3.8) is 0 Å². The van der Waals surface area contributed by atoms with Crippen LogP contribution in [0.3, 0.4) is 0 Å². The molecule has 0 saturated carbocycles. The number of benzene rings is 1. The van der Waals surface area contributed by atoms with Gasteiger partial charge in [-0.3, -0.25) is 0 Å². The molecule has 0 bridgehead atoms. The number of sulfonamides is 1. The average Bonchev–Trinajstić information content (AvgIpc) is 2.54. The standard InChI is InChI=1S/C14H21N3O6S2/c1-11-4-5-12(10-13(11)14(18)19)24(20,21)16-6-8-17(9-7-16)25(22,23)15(2)3/h4-5,10H,6-9H2,1-3H3,(H,18,19). The fourth-order valence-electron chi connectivity index (χ4n) is 2.51. The van der Waals surface area contributed by atoms with Gasteiger partial charge in [-0.2, -0.15) is 21.3 Å². The molecule has 0 spiro atoms. The summed E-state index contributed by atoms with van der Waals surface area (Å²) in [6.07, 6.45) is 0. The molecule has 1 fully saturated rings. The lowest BCUT2D eigenvalue weighted by molar-refractivity contribution is 0.0696. The van der Waals surface area contributed by atoms with Crippen molar-refractivity contribution in [2.45, 2.75) is 11.8 Å². The monoisotopic (exact) mass is 391 g/mol. The summed E-state index contributed by atoms with van der Waals surface area (Å²) in [5.74, 6) is -1.20. The largest absolute Gasteiger partial charge is 0.478 e. The number of rotatable bonds is 5. The molecule has 1 aliphatic rings. The van der Waals surface area contributed by atoms with E-state index in [1.54, 1.807) is 6.92 Å². The van der Waals surface area contributed by atoms with E-state index in [1.807, 2.05) is 0 Å². The molecule has 0 aliphatic carbocycles. The van der Waals surface area contributed by atoms with E-state index < -0.39 is 26.2 Å². The molecule has 1 saturated heterocycles. The van der Waals surface area contributed by atoms with Crippen LogP contribution in [0.2, 0.25) is 0 Å². The molecule has 1 aromatic rings. The number of hydrogen-bond donors (Lipinski definition) is 1. The molecule has 25 heavy (non-hydrogen) atoms. The maximum Gasteiger partial charge on any atom is 0.335 e. The average molecular weight is 391 g/mol. The van der Waals surface area contributed by atoms with Crippen LogP contribution >= 0.6 is 0 Å². The molecular weight excluding hydrogens is 370 g/mol. The number of carbonyl (C=O) groups is 1. The molecule has 2 rings (SSSR count). The second-order valence-electron chi connectivity index (χ2n) is 5.88. The van der Waals surface area contributed by atoms with Crippen molar-refractivity contribution in [3.05, 3.63) is 29.3 Å². The zero-order valence-electron chi connectivity index (χ0n) is 14.2. The maximum absolute atomic E-state index is 12.7. The Morgan fingerprint density at radius 3 is 2.04 bits per heavy atom. The Hall–Kier alpha value is -1.53. The summed E-state index contributed by atoms with van der Waals surface area (Å²) in [5.41, 5.74) is 0.392. The molecule has 0 unspecified atom stereocenters. The topological polar surface area (TPSA) is 115 Å². The highest BCUT2D eigenvalue weighted by Crippen LogP contribution is 2.22. The Labute approximate surface area is 147 Å². The van der Waals surface area contributed by atoms with Crippen molar-refractivity contribution in [2.24, 2.45) is 0 Å². The summed E-state index contributed by atoms with van der Waals surface area (Å²) in [5, 5.41) is 9.16. The number of hydrogen-bond acceptors (Lipinski definition) is 5. The van der Waals surface area contributed by atoms with Gasteiger partial charge in [0.15, 0.2) is 0 Å². The summed E-state index contributed by atoms with van der Waals surface area (Å²) >= 11 is 0. The molecule has 1 N–H and O–H groups in total. The van der Waals surface area contributed by atoms with Crippen molar-refractivity contribution in [2.75, 3.05) is 40.3 Å². The minimum atomic E-state index is -3.89. The Bertz CT molecular complexity index is 872. The molecule has 9 nitrogen and oxygen atoms in total. The summed E-state index contributed by atoms with van der Waals surface area (Å²) in [7, 11) is -4.65. The molecule has 0 amide bonds. The highest BCUT2D eigenvalue weighted by Gasteiger charge is 2.34. The molecule has 1 heterocycles. The number of aromatic carboxylic acids is 1. The first-order chi connectivity index (χ1) is 11.5. The predicted molar refractivity (Wildman–Crippen MR) is 91.1 cm³/mol. The quantitative estimate of drug-likeness (QED) is 0.744. The summed E-state index contributed by atoms with van der Waals surface area (Å²) < 4.78 is 53.1. The molecule has 0 aromatic heterocycles. The van der Waals surface area contributed by atoms with Gasteiger partial charge < -0.3 is 5.11 Å². The highest BCUT2D eigenvalue weighted by atomic mass is 32.2. The van der Waals surface area contributed by atoms with Gasteiger partial charge in [0.25, 0.3) is 10.2 Å². The van der Waals surface area contributed by atoms with E-state index in [9.17, 15) is 21.6 Å². The minimum absolute atomic E-state index is 0.00564. The van der Waals surface area contributed by atoms with Gasteiger partial charge in [-0.15, -0.1) is 0 Å². The van der Waals surface area contributed by atoms with Crippen LogP contribution in [0.4, 0.5) is 0 Å². The second-order valence-corrected chi connectivity index (χ2v) is 9.96. The van der Waals surface area contributed by atoms with E-state index in [0.29, 0.717) is 5.56 Å². The molecule has 0 radical (unpaired) electrons. The van der Waals surface area contributed by atoms with E-state index in [2.05, 4.69) is 0 Å². The van der Waals surface area contributed by atoms with Crippen LogP contribution in [0.15, 0.2) is 23.1 Å². The van der Waals surface area contributed by atoms with E-state index in [1.165, 1.54) is 34.8 Å². The van der Waals surface area contributed by atoms with Gasteiger partial charge in [0.1, 0.15) is 0 Å². The summed E-state index contributed by atoms with van der Waals surface area (Å²) in [6.45, 7) is 1.68. The Kier molecular flexibility index (Phi) is 5.54. The Morgan fingerprint density at radius 2 is 1.56 bits per heavy atom. The number of carboxylic acid groups (broad SMARTS) is 1. The molecule has 140 valence electrons. The first-order valence-electron chi connectivity index (χ1n) is 7.49. The lowest BCUT2D eigenvalue weighted by Gasteiger charge is -2.34. The van der Waals surface area contributed by atoms with Crippen molar-refractivity contribution in [1.82, 2.24) is 12.9 Å².